The normalized spacial score (nSPS) is 14.7. The van der Waals surface area contributed by atoms with E-state index in [9.17, 15) is 13.2 Å². The number of thioether (sulfide) groups is 1. The second-order valence-electron chi connectivity index (χ2n) is 8.20. The van der Waals surface area contributed by atoms with Gasteiger partial charge in [0.2, 0.25) is 15.9 Å². The number of amides is 1. The molecule has 1 N–H and O–H groups in total. The molecule has 1 aliphatic heterocycles. The quantitative estimate of drug-likeness (QED) is 0.262. The van der Waals surface area contributed by atoms with Crippen molar-refractivity contribution in [3.05, 3.63) is 66.3 Å². The molecule has 10 heteroatoms. The molecular formula is C25H24N4O3S3. The van der Waals surface area contributed by atoms with Crippen molar-refractivity contribution in [3.8, 4) is 11.1 Å². The molecule has 0 atom stereocenters. The maximum Gasteiger partial charge on any atom is 0.243 e. The van der Waals surface area contributed by atoms with Gasteiger partial charge in [-0.3, -0.25) is 4.79 Å². The summed E-state index contributed by atoms with van der Waals surface area (Å²) >= 11 is 2.91. The zero-order valence-corrected chi connectivity index (χ0v) is 21.3. The molecule has 1 amide bonds. The van der Waals surface area contributed by atoms with Gasteiger partial charge < -0.3 is 5.32 Å². The van der Waals surface area contributed by atoms with Gasteiger partial charge in [0.15, 0.2) is 0 Å². The Labute approximate surface area is 212 Å². The third-order valence-electron chi connectivity index (χ3n) is 5.85. The highest BCUT2D eigenvalue weighted by Gasteiger charge is 2.25. The summed E-state index contributed by atoms with van der Waals surface area (Å²) in [6, 6.07) is 16.4. The Morgan fingerprint density at radius 2 is 1.74 bits per heavy atom. The second kappa shape index (κ2) is 10.4. The van der Waals surface area contributed by atoms with Crippen LogP contribution in [0.3, 0.4) is 0 Å². The lowest BCUT2D eigenvalue weighted by Crippen LogP contribution is -2.35. The number of hydrogen-bond acceptors (Lipinski definition) is 7. The number of thiophene rings is 1. The first-order chi connectivity index (χ1) is 17.0. The van der Waals surface area contributed by atoms with Crippen LogP contribution < -0.4 is 5.32 Å². The van der Waals surface area contributed by atoms with Crippen molar-refractivity contribution in [3.63, 3.8) is 0 Å². The number of piperidine rings is 1. The van der Waals surface area contributed by atoms with Crippen LogP contribution >= 0.6 is 23.1 Å². The third-order valence-corrected chi connectivity index (χ3v) is 9.64. The van der Waals surface area contributed by atoms with Crippen molar-refractivity contribution in [1.82, 2.24) is 14.3 Å². The number of anilines is 1. The highest BCUT2D eigenvalue weighted by Crippen LogP contribution is 2.37. The van der Waals surface area contributed by atoms with E-state index in [-0.39, 0.29) is 16.6 Å². The van der Waals surface area contributed by atoms with Crippen molar-refractivity contribution in [2.24, 2.45) is 0 Å². The minimum atomic E-state index is -3.49. The fourth-order valence-corrected chi connectivity index (χ4v) is 7.39. The maximum absolute atomic E-state index is 12.8. The first kappa shape index (κ1) is 23.9. The van der Waals surface area contributed by atoms with Crippen LogP contribution in [0.5, 0.6) is 0 Å². The minimum Gasteiger partial charge on any atom is -0.325 e. The number of carbonyl (C=O) groups is 1. The first-order valence-corrected chi connectivity index (χ1v) is 14.6. The third kappa shape index (κ3) is 5.25. The molecule has 3 heterocycles. The van der Waals surface area contributed by atoms with Crippen LogP contribution in [0.15, 0.2) is 76.2 Å². The Kier molecular flexibility index (Phi) is 7.14. The van der Waals surface area contributed by atoms with Gasteiger partial charge in [-0.15, -0.1) is 11.3 Å². The van der Waals surface area contributed by atoms with Crippen LogP contribution in [0.4, 0.5) is 5.69 Å². The number of nitrogens with zero attached hydrogens (tertiary/aromatic N) is 3. The molecule has 0 radical (unpaired) electrons. The molecule has 0 bridgehead atoms. The van der Waals surface area contributed by atoms with E-state index in [1.807, 2.05) is 30.3 Å². The average molecular weight is 525 g/mol. The summed E-state index contributed by atoms with van der Waals surface area (Å²) in [5, 5.41) is 6.63. The smallest absolute Gasteiger partial charge is 0.243 e. The van der Waals surface area contributed by atoms with Crippen molar-refractivity contribution < 1.29 is 13.2 Å². The molecule has 4 aromatic rings. The molecule has 1 fully saturated rings. The maximum atomic E-state index is 12.8. The van der Waals surface area contributed by atoms with E-state index in [2.05, 4.69) is 20.7 Å². The Hall–Kier alpha value is -2.79. The molecule has 5 rings (SSSR count). The largest absolute Gasteiger partial charge is 0.325 e. The van der Waals surface area contributed by atoms with Crippen molar-refractivity contribution >= 4 is 54.9 Å². The Balaban J connectivity index is 1.26. The lowest BCUT2D eigenvalue weighted by atomic mass is 10.1. The molecular weight excluding hydrogens is 501 g/mol. The van der Waals surface area contributed by atoms with Crippen LogP contribution in [-0.2, 0) is 14.8 Å². The number of fused-ring (bicyclic) bond motifs is 1. The summed E-state index contributed by atoms with van der Waals surface area (Å²) in [5.74, 6) is -0.0193. The minimum absolute atomic E-state index is 0.171. The Bertz CT molecular complexity index is 1430. The molecule has 0 unspecified atom stereocenters. The van der Waals surface area contributed by atoms with Gasteiger partial charge in [0.1, 0.15) is 16.2 Å². The van der Waals surface area contributed by atoms with E-state index in [1.165, 1.54) is 22.4 Å². The number of aromatic nitrogens is 2. The number of hydrogen-bond donors (Lipinski definition) is 1. The monoisotopic (exact) mass is 524 g/mol. The molecule has 0 spiro atoms. The van der Waals surface area contributed by atoms with Gasteiger partial charge >= 0.3 is 0 Å². The number of rotatable bonds is 7. The highest BCUT2D eigenvalue weighted by atomic mass is 32.2. The predicted molar refractivity (Wildman–Crippen MR) is 141 cm³/mol. The molecule has 7 nitrogen and oxygen atoms in total. The summed E-state index contributed by atoms with van der Waals surface area (Å²) in [6.07, 6.45) is 4.37. The summed E-state index contributed by atoms with van der Waals surface area (Å²) < 4.78 is 27.2. The second-order valence-corrected chi connectivity index (χ2v) is 12.0. The molecule has 1 saturated heterocycles. The fourth-order valence-electron chi connectivity index (χ4n) is 4.08. The molecule has 0 aliphatic carbocycles. The zero-order valence-electron chi connectivity index (χ0n) is 18.9. The highest BCUT2D eigenvalue weighted by molar-refractivity contribution is 8.00. The number of sulfonamides is 1. The van der Waals surface area contributed by atoms with Gasteiger partial charge in [0.05, 0.1) is 16.0 Å². The Morgan fingerprint density at radius 3 is 2.49 bits per heavy atom. The van der Waals surface area contributed by atoms with E-state index >= 15 is 0 Å². The lowest BCUT2D eigenvalue weighted by Gasteiger charge is -2.25. The van der Waals surface area contributed by atoms with Gasteiger partial charge in [0.25, 0.3) is 0 Å². The summed E-state index contributed by atoms with van der Waals surface area (Å²) in [5.41, 5.74) is 2.69. The van der Waals surface area contributed by atoms with Gasteiger partial charge in [-0.05, 0) is 42.7 Å². The summed E-state index contributed by atoms with van der Waals surface area (Å²) in [7, 11) is -3.49. The van der Waals surface area contributed by atoms with Crippen molar-refractivity contribution in [1.29, 1.82) is 0 Å². The Morgan fingerprint density at radius 1 is 1.00 bits per heavy atom. The zero-order chi connectivity index (χ0) is 24.3. The van der Waals surface area contributed by atoms with Crippen LogP contribution in [-0.4, -0.2) is 47.4 Å². The van der Waals surface area contributed by atoms with E-state index in [4.69, 9.17) is 0 Å². The molecule has 2 aromatic carbocycles. The summed E-state index contributed by atoms with van der Waals surface area (Å²) in [6.45, 7) is 1.12. The van der Waals surface area contributed by atoms with Crippen molar-refractivity contribution in [2.75, 3.05) is 24.2 Å². The lowest BCUT2D eigenvalue weighted by molar-refractivity contribution is -0.113. The summed E-state index contributed by atoms with van der Waals surface area (Å²) in [4.78, 5) is 22.6. The van der Waals surface area contributed by atoms with E-state index < -0.39 is 10.0 Å². The van der Waals surface area contributed by atoms with Gasteiger partial charge in [-0.25, -0.2) is 18.4 Å². The van der Waals surface area contributed by atoms with Crippen LogP contribution in [0, 0.1) is 0 Å². The number of nitrogens with one attached hydrogen (secondary N) is 1. The predicted octanol–water partition coefficient (Wildman–Crippen LogP) is 5.26. The standard InChI is InChI=1S/C25H24N4O3S3/c30-22(28-19-9-11-20(12-10-19)35(31,32)29-13-5-2-6-14-29)16-34-25-23-21(18-7-3-1-4-8-18)15-33-24(23)26-17-27-25/h1,3-4,7-12,15,17H,2,5-6,13-14,16H2,(H,28,30). The van der Waals surface area contributed by atoms with Crippen LogP contribution in [0.1, 0.15) is 19.3 Å². The number of benzene rings is 2. The van der Waals surface area contributed by atoms with Crippen LogP contribution in [0.25, 0.3) is 21.3 Å². The molecule has 35 heavy (non-hydrogen) atoms. The number of carbonyl (C=O) groups excluding carboxylic acids is 1. The molecule has 0 saturated carbocycles. The average Bonchev–Trinajstić information content (AvgIpc) is 3.34. The topological polar surface area (TPSA) is 92.3 Å². The van der Waals surface area contributed by atoms with Gasteiger partial charge in [0, 0.05) is 29.7 Å². The molecule has 1 aliphatic rings. The molecule has 180 valence electrons. The van der Waals surface area contributed by atoms with Gasteiger partial charge in [-0.2, -0.15) is 4.31 Å². The van der Waals surface area contributed by atoms with Crippen molar-refractivity contribution in [2.45, 2.75) is 29.2 Å². The van der Waals surface area contributed by atoms with Gasteiger partial charge in [-0.1, -0.05) is 48.5 Å². The first-order valence-electron chi connectivity index (χ1n) is 11.3. The molecule has 2 aromatic heterocycles. The van der Waals surface area contributed by atoms with E-state index in [0.29, 0.717) is 18.8 Å². The SMILES string of the molecule is O=C(CSc1ncnc2scc(-c3ccccc3)c12)Nc1ccc(S(=O)(=O)N2CCCCC2)cc1. The fraction of sp³-hybridized carbons (Fsp3) is 0.240. The van der Waals surface area contributed by atoms with E-state index in [1.54, 1.807) is 35.6 Å². The van der Waals surface area contributed by atoms with E-state index in [0.717, 1.165) is 45.6 Å². The van der Waals surface area contributed by atoms with Crippen LogP contribution in [0.2, 0.25) is 0 Å².